The molecule has 1 unspecified atom stereocenters. The summed E-state index contributed by atoms with van der Waals surface area (Å²) in [6.45, 7) is 5.33. The van der Waals surface area contributed by atoms with Crippen LogP contribution in [0, 0.1) is 5.92 Å². The van der Waals surface area contributed by atoms with Gasteiger partial charge in [0.05, 0.1) is 12.6 Å². The predicted octanol–water partition coefficient (Wildman–Crippen LogP) is 3.95. The summed E-state index contributed by atoms with van der Waals surface area (Å²) >= 11 is 0. The molecule has 0 saturated carbocycles. The molecule has 7 nitrogen and oxygen atoms in total. The van der Waals surface area contributed by atoms with E-state index in [4.69, 9.17) is 9.47 Å². The van der Waals surface area contributed by atoms with E-state index in [1.165, 1.54) is 0 Å². The van der Waals surface area contributed by atoms with Gasteiger partial charge >= 0.3 is 11.9 Å². The highest BCUT2D eigenvalue weighted by molar-refractivity contribution is 8.93. The minimum Gasteiger partial charge on any atom is -0.464 e. The number of hydrogen-bond acceptors (Lipinski definition) is 7. The maximum atomic E-state index is 13.3. The fourth-order valence-corrected chi connectivity index (χ4v) is 5.06. The zero-order valence-electron chi connectivity index (χ0n) is 21.2. The zero-order valence-corrected chi connectivity index (χ0v) is 22.9. The van der Waals surface area contributed by atoms with Crippen molar-refractivity contribution in [2.75, 3.05) is 26.7 Å². The van der Waals surface area contributed by atoms with Gasteiger partial charge in [-0.1, -0.05) is 74.5 Å². The fourth-order valence-electron chi connectivity index (χ4n) is 5.06. The van der Waals surface area contributed by atoms with Crippen LogP contribution in [0.4, 0.5) is 0 Å². The molecule has 1 N–H and O–H groups in total. The van der Waals surface area contributed by atoms with E-state index in [1.807, 2.05) is 74.5 Å². The molecule has 0 bridgehead atoms. The summed E-state index contributed by atoms with van der Waals surface area (Å²) in [5, 5.41) is 10.9. The Morgan fingerprint density at radius 2 is 1.64 bits per heavy atom. The molecule has 8 heteroatoms. The molecule has 2 heterocycles. The summed E-state index contributed by atoms with van der Waals surface area (Å²) < 4.78 is 11.5. The van der Waals surface area contributed by atoms with Crippen molar-refractivity contribution in [3.63, 3.8) is 0 Å². The van der Waals surface area contributed by atoms with Crippen molar-refractivity contribution in [1.82, 2.24) is 9.80 Å². The number of benzene rings is 2. The quantitative estimate of drug-likeness (QED) is 0.489. The van der Waals surface area contributed by atoms with Crippen molar-refractivity contribution in [2.24, 2.45) is 5.92 Å². The number of carbonyl (C=O) groups excluding carboxylic acids is 2. The van der Waals surface area contributed by atoms with Crippen molar-refractivity contribution in [2.45, 2.75) is 57.0 Å². The lowest BCUT2D eigenvalue weighted by Crippen LogP contribution is -2.50. The Kier molecular flexibility index (Phi) is 9.69. The van der Waals surface area contributed by atoms with E-state index in [1.54, 1.807) is 11.9 Å². The number of likely N-dealkylation sites (N-methyl/N-ethyl adjacent to an activating group) is 1. The monoisotopic (exact) mass is 560 g/mol. The lowest BCUT2D eigenvalue weighted by molar-refractivity contribution is -0.185. The molecule has 4 rings (SSSR count). The van der Waals surface area contributed by atoms with Crippen molar-refractivity contribution >= 4 is 28.9 Å². The summed E-state index contributed by atoms with van der Waals surface area (Å²) in [7, 11) is 1.72. The van der Waals surface area contributed by atoms with Crippen LogP contribution in [0.25, 0.3) is 0 Å². The highest BCUT2D eigenvalue weighted by atomic mass is 79.9. The topological polar surface area (TPSA) is 79.3 Å². The van der Waals surface area contributed by atoms with Gasteiger partial charge in [0.25, 0.3) is 0 Å². The van der Waals surface area contributed by atoms with Crippen molar-refractivity contribution in [3.8, 4) is 0 Å². The third-order valence-electron chi connectivity index (χ3n) is 6.95. The maximum Gasteiger partial charge on any atom is 0.354 e. The molecule has 2 aromatic carbocycles. The Labute approximate surface area is 224 Å². The van der Waals surface area contributed by atoms with Gasteiger partial charge in [-0.2, -0.15) is 0 Å². The highest BCUT2D eigenvalue weighted by Gasteiger charge is 2.49. The maximum absolute atomic E-state index is 13.3. The molecule has 36 heavy (non-hydrogen) atoms. The van der Waals surface area contributed by atoms with E-state index < -0.39 is 23.8 Å². The standard InChI is InChI=1S/C28H36N2O5.BrH/c1-20(2)19-34-26(31)24-17-23(35-27(32)28(33)15-10-16-29(28)3)18-30(24)25(21-11-6-4-7-12-21)22-13-8-5-9-14-22;/h4-9,11-14,20,23-25,33H,10,15-19H2,1-3H3;1H/t23?,24-,28+;/m0./s1. The SMILES string of the molecule is Br.CC(C)COC(=O)[C@@H]1CC(OC(=O)[C@]2(O)CCCN2C)CN1C(c1ccccc1)c1ccccc1. The van der Waals surface area contributed by atoms with Crippen molar-refractivity contribution in [1.29, 1.82) is 0 Å². The van der Waals surface area contributed by atoms with Gasteiger partial charge in [0.2, 0.25) is 5.72 Å². The molecule has 0 amide bonds. The smallest absolute Gasteiger partial charge is 0.354 e. The molecule has 0 radical (unpaired) electrons. The molecule has 0 spiro atoms. The van der Waals surface area contributed by atoms with Gasteiger partial charge in [-0.15, -0.1) is 17.0 Å². The number of hydrogen-bond donors (Lipinski definition) is 1. The van der Waals surface area contributed by atoms with Gasteiger partial charge in [-0.3, -0.25) is 14.6 Å². The third-order valence-corrected chi connectivity index (χ3v) is 6.95. The summed E-state index contributed by atoms with van der Waals surface area (Å²) in [6.07, 6.45) is 0.855. The Morgan fingerprint density at radius 1 is 1.06 bits per heavy atom. The number of carbonyl (C=O) groups is 2. The zero-order chi connectivity index (χ0) is 25.0. The molecule has 196 valence electrons. The number of ether oxygens (including phenoxy) is 2. The molecule has 3 atom stereocenters. The second kappa shape index (κ2) is 12.3. The van der Waals surface area contributed by atoms with E-state index in [9.17, 15) is 14.7 Å². The molecule has 0 aliphatic carbocycles. The molecule has 2 saturated heterocycles. The number of aliphatic hydroxyl groups is 1. The van der Waals surface area contributed by atoms with Gasteiger partial charge in [-0.25, -0.2) is 4.79 Å². The van der Waals surface area contributed by atoms with E-state index in [-0.39, 0.29) is 34.9 Å². The molecule has 2 aliphatic rings. The second-order valence-electron chi connectivity index (χ2n) is 10.1. The average Bonchev–Trinajstić information content (AvgIpc) is 3.42. The highest BCUT2D eigenvalue weighted by Crippen LogP contribution is 2.37. The lowest BCUT2D eigenvalue weighted by Gasteiger charge is -2.33. The summed E-state index contributed by atoms with van der Waals surface area (Å²) in [4.78, 5) is 30.0. The first-order chi connectivity index (χ1) is 16.8. The molecule has 0 aromatic heterocycles. The Morgan fingerprint density at radius 3 is 2.14 bits per heavy atom. The Balaban J connectivity index is 0.00000361. The van der Waals surface area contributed by atoms with Gasteiger partial charge in [0, 0.05) is 25.9 Å². The number of rotatable bonds is 8. The van der Waals surface area contributed by atoms with Gasteiger partial charge in [0.15, 0.2) is 0 Å². The Hall–Kier alpha value is -2.26. The first-order valence-corrected chi connectivity index (χ1v) is 12.5. The molecule has 2 aliphatic heterocycles. The summed E-state index contributed by atoms with van der Waals surface area (Å²) in [5.74, 6) is -0.742. The van der Waals surface area contributed by atoms with Crippen LogP contribution >= 0.6 is 17.0 Å². The van der Waals surface area contributed by atoms with Crippen LogP contribution in [0.1, 0.15) is 50.3 Å². The van der Waals surface area contributed by atoms with E-state index >= 15 is 0 Å². The lowest BCUT2D eigenvalue weighted by atomic mass is 9.96. The predicted molar refractivity (Wildman–Crippen MR) is 143 cm³/mol. The minimum absolute atomic E-state index is 0. The van der Waals surface area contributed by atoms with Crippen LogP contribution in [-0.2, 0) is 19.1 Å². The van der Waals surface area contributed by atoms with Gasteiger partial charge < -0.3 is 14.6 Å². The number of likely N-dealkylation sites (tertiary alicyclic amines) is 2. The minimum atomic E-state index is -1.61. The number of halogens is 1. The third kappa shape index (κ3) is 6.17. The van der Waals surface area contributed by atoms with E-state index in [0.29, 0.717) is 32.5 Å². The largest absolute Gasteiger partial charge is 0.464 e. The van der Waals surface area contributed by atoms with Crippen LogP contribution in [-0.4, -0.2) is 71.5 Å². The fraction of sp³-hybridized carbons (Fsp3) is 0.500. The van der Waals surface area contributed by atoms with Crippen LogP contribution < -0.4 is 0 Å². The van der Waals surface area contributed by atoms with Crippen LogP contribution in [0.2, 0.25) is 0 Å². The van der Waals surface area contributed by atoms with Crippen LogP contribution in [0.5, 0.6) is 0 Å². The van der Waals surface area contributed by atoms with E-state index in [2.05, 4.69) is 4.90 Å². The first kappa shape index (κ1) is 28.3. The number of esters is 2. The second-order valence-corrected chi connectivity index (χ2v) is 10.1. The summed E-state index contributed by atoms with van der Waals surface area (Å²) in [5.41, 5.74) is 0.474. The molecular formula is C28H37BrN2O5. The van der Waals surface area contributed by atoms with Crippen molar-refractivity contribution < 1.29 is 24.2 Å². The molecule has 2 aromatic rings. The van der Waals surface area contributed by atoms with Crippen LogP contribution in [0.3, 0.4) is 0 Å². The molecule has 2 fully saturated rings. The van der Waals surface area contributed by atoms with Crippen LogP contribution in [0.15, 0.2) is 60.7 Å². The van der Waals surface area contributed by atoms with Gasteiger partial charge in [0.1, 0.15) is 12.1 Å². The Bertz CT molecular complexity index is 966. The average molecular weight is 562 g/mol. The van der Waals surface area contributed by atoms with E-state index in [0.717, 1.165) is 17.5 Å². The summed E-state index contributed by atoms with van der Waals surface area (Å²) in [6, 6.07) is 19.3. The van der Waals surface area contributed by atoms with Gasteiger partial charge in [-0.05, 0) is 30.5 Å². The number of nitrogens with zero attached hydrogens (tertiary/aromatic N) is 2. The molecular weight excluding hydrogens is 524 g/mol. The normalized spacial score (nSPS) is 24.6. The van der Waals surface area contributed by atoms with Crippen molar-refractivity contribution in [3.05, 3.63) is 71.8 Å². The first-order valence-electron chi connectivity index (χ1n) is 12.5.